The quantitative estimate of drug-likeness (QED) is 0.646. The molecule has 0 saturated heterocycles. The number of aliphatic hydroxyl groups excluding tert-OH is 1. The van der Waals surface area contributed by atoms with E-state index in [4.69, 9.17) is 5.11 Å². The van der Waals surface area contributed by atoms with Crippen molar-refractivity contribution in [2.45, 2.75) is 19.4 Å². The molecular weight excluding hydrogens is 240 g/mol. The fraction of sp³-hybridized carbons (Fsp3) is 0.455. The highest BCUT2D eigenvalue weighted by molar-refractivity contribution is 7.87. The van der Waals surface area contributed by atoms with E-state index in [-0.39, 0.29) is 6.61 Å². The number of hydrogen-bond donors (Lipinski definition) is 3. The zero-order chi connectivity index (χ0) is 12.7. The minimum absolute atomic E-state index is 0.237. The summed E-state index contributed by atoms with van der Waals surface area (Å²) in [6, 6.07) is 8.92. The van der Waals surface area contributed by atoms with E-state index in [0.29, 0.717) is 13.0 Å². The second-order valence-corrected chi connectivity index (χ2v) is 5.22. The molecule has 0 unspecified atom stereocenters. The van der Waals surface area contributed by atoms with E-state index in [0.717, 1.165) is 5.56 Å². The molecule has 1 atom stereocenters. The molecule has 0 spiro atoms. The third-order valence-electron chi connectivity index (χ3n) is 2.20. The largest absolute Gasteiger partial charge is 0.395 e. The van der Waals surface area contributed by atoms with Crippen LogP contribution in [0.1, 0.15) is 12.5 Å². The van der Waals surface area contributed by atoms with Crippen LogP contribution in [-0.2, 0) is 16.6 Å². The second-order valence-electron chi connectivity index (χ2n) is 3.69. The average molecular weight is 258 g/mol. The third kappa shape index (κ3) is 5.27. The van der Waals surface area contributed by atoms with Crippen LogP contribution in [0.3, 0.4) is 0 Å². The van der Waals surface area contributed by atoms with Gasteiger partial charge in [-0.25, -0.2) is 4.72 Å². The van der Waals surface area contributed by atoms with E-state index in [9.17, 15) is 8.42 Å². The molecular formula is C11H18N2O3S. The summed E-state index contributed by atoms with van der Waals surface area (Å²) in [6.07, 6.45) is 0.460. The highest BCUT2D eigenvalue weighted by atomic mass is 32.2. The van der Waals surface area contributed by atoms with Gasteiger partial charge in [0, 0.05) is 6.54 Å². The molecule has 0 aliphatic rings. The predicted octanol–water partition coefficient (Wildman–Crippen LogP) is 0.0339. The maximum Gasteiger partial charge on any atom is 0.277 e. The van der Waals surface area contributed by atoms with Gasteiger partial charge in [0.25, 0.3) is 10.2 Å². The fourth-order valence-electron chi connectivity index (χ4n) is 1.49. The van der Waals surface area contributed by atoms with E-state index in [1.807, 2.05) is 30.3 Å². The molecule has 1 aromatic carbocycles. The molecule has 0 aliphatic heterocycles. The Labute approximate surface area is 102 Å². The maximum atomic E-state index is 11.5. The van der Waals surface area contributed by atoms with Crippen LogP contribution in [0.15, 0.2) is 30.3 Å². The van der Waals surface area contributed by atoms with E-state index >= 15 is 0 Å². The lowest BCUT2D eigenvalue weighted by atomic mass is 10.1. The van der Waals surface area contributed by atoms with Gasteiger partial charge < -0.3 is 5.11 Å². The number of hydrogen-bond acceptors (Lipinski definition) is 3. The summed E-state index contributed by atoms with van der Waals surface area (Å²) in [7, 11) is -3.52. The topological polar surface area (TPSA) is 78.4 Å². The van der Waals surface area contributed by atoms with Crippen molar-refractivity contribution in [1.29, 1.82) is 0 Å². The summed E-state index contributed by atoms with van der Waals surface area (Å²) >= 11 is 0. The Balaban J connectivity index is 2.61. The molecule has 1 rings (SSSR count). The third-order valence-corrected chi connectivity index (χ3v) is 3.51. The predicted molar refractivity (Wildman–Crippen MR) is 66.8 cm³/mol. The molecule has 1 aromatic rings. The number of nitrogens with one attached hydrogen (secondary N) is 2. The van der Waals surface area contributed by atoms with Gasteiger partial charge in [-0.15, -0.1) is 0 Å². The summed E-state index contributed by atoms with van der Waals surface area (Å²) in [5.74, 6) is 0. The Bertz CT molecular complexity index is 420. The molecule has 0 saturated carbocycles. The van der Waals surface area contributed by atoms with Gasteiger partial charge in [-0.2, -0.15) is 13.1 Å². The zero-order valence-corrected chi connectivity index (χ0v) is 10.6. The van der Waals surface area contributed by atoms with Gasteiger partial charge >= 0.3 is 0 Å². The molecule has 6 heteroatoms. The molecule has 96 valence electrons. The van der Waals surface area contributed by atoms with Gasteiger partial charge in [-0.05, 0) is 12.0 Å². The highest BCUT2D eigenvalue weighted by Gasteiger charge is 2.16. The molecule has 0 amide bonds. The van der Waals surface area contributed by atoms with Crippen LogP contribution in [0.25, 0.3) is 0 Å². The van der Waals surface area contributed by atoms with Gasteiger partial charge in [0.05, 0.1) is 12.6 Å². The summed E-state index contributed by atoms with van der Waals surface area (Å²) in [5, 5.41) is 9.16. The minimum Gasteiger partial charge on any atom is -0.395 e. The lowest BCUT2D eigenvalue weighted by molar-refractivity contribution is 0.255. The smallest absolute Gasteiger partial charge is 0.277 e. The van der Waals surface area contributed by atoms with Crippen molar-refractivity contribution in [1.82, 2.24) is 9.44 Å². The second kappa shape index (κ2) is 6.70. The van der Waals surface area contributed by atoms with E-state index < -0.39 is 16.3 Å². The Morgan fingerprint density at radius 3 is 2.47 bits per heavy atom. The Kier molecular flexibility index (Phi) is 5.57. The molecule has 0 radical (unpaired) electrons. The number of rotatable bonds is 7. The average Bonchev–Trinajstić information content (AvgIpc) is 2.29. The van der Waals surface area contributed by atoms with Gasteiger partial charge in [0.15, 0.2) is 0 Å². The van der Waals surface area contributed by atoms with Crippen molar-refractivity contribution in [3.63, 3.8) is 0 Å². The highest BCUT2D eigenvalue weighted by Crippen LogP contribution is 2.03. The molecule has 0 aromatic heterocycles. The first kappa shape index (κ1) is 14.1. The van der Waals surface area contributed by atoms with Crippen LogP contribution in [0.5, 0.6) is 0 Å². The first-order valence-electron chi connectivity index (χ1n) is 5.49. The van der Waals surface area contributed by atoms with E-state index in [1.165, 1.54) is 0 Å². The van der Waals surface area contributed by atoms with E-state index in [2.05, 4.69) is 9.44 Å². The lowest BCUT2D eigenvalue weighted by Crippen LogP contribution is -2.45. The monoisotopic (exact) mass is 258 g/mol. The number of aliphatic hydroxyl groups is 1. The Hall–Kier alpha value is -0.950. The maximum absolute atomic E-state index is 11.5. The first-order chi connectivity index (χ1) is 8.07. The first-order valence-corrected chi connectivity index (χ1v) is 6.97. The fourth-order valence-corrected chi connectivity index (χ4v) is 2.55. The van der Waals surface area contributed by atoms with Gasteiger partial charge in [-0.1, -0.05) is 37.3 Å². The summed E-state index contributed by atoms with van der Waals surface area (Å²) in [6.45, 7) is 1.78. The molecule has 5 nitrogen and oxygen atoms in total. The SMILES string of the molecule is CCNS(=O)(=O)N[C@H](CO)Cc1ccccc1. The molecule has 0 fully saturated rings. The van der Waals surface area contributed by atoms with Crippen molar-refractivity contribution < 1.29 is 13.5 Å². The van der Waals surface area contributed by atoms with Crippen LogP contribution in [0, 0.1) is 0 Å². The van der Waals surface area contributed by atoms with Crippen molar-refractivity contribution >= 4 is 10.2 Å². The molecule has 3 N–H and O–H groups in total. The van der Waals surface area contributed by atoms with Gasteiger partial charge in [-0.3, -0.25) is 0 Å². The van der Waals surface area contributed by atoms with Gasteiger partial charge in [0.2, 0.25) is 0 Å². The zero-order valence-electron chi connectivity index (χ0n) is 9.76. The van der Waals surface area contributed by atoms with Crippen molar-refractivity contribution in [2.75, 3.05) is 13.2 Å². The Morgan fingerprint density at radius 2 is 1.94 bits per heavy atom. The van der Waals surface area contributed by atoms with Crippen LogP contribution in [0.2, 0.25) is 0 Å². The van der Waals surface area contributed by atoms with Crippen LogP contribution in [0.4, 0.5) is 0 Å². The summed E-state index contributed by atoms with van der Waals surface area (Å²) in [5.41, 5.74) is 0.978. The normalized spacial score (nSPS) is 13.5. The molecule has 17 heavy (non-hydrogen) atoms. The van der Waals surface area contributed by atoms with Crippen molar-refractivity contribution in [3.05, 3.63) is 35.9 Å². The number of benzene rings is 1. The molecule has 0 aliphatic carbocycles. The van der Waals surface area contributed by atoms with Crippen molar-refractivity contribution in [3.8, 4) is 0 Å². The molecule has 0 heterocycles. The van der Waals surface area contributed by atoms with Gasteiger partial charge in [0.1, 0.15) is 0 Å². The minimum atomic E-state index is -3.52. The van der Waals surface area contributed by atoms with Crippen molar-refractivity contribution in [2.24, 2.45) is 0 Å². The standard InChI is InChI=1S/C11H18N2O3S/c1-2-12-17(15,16)13-11(9-14)8-10-6-4-3-5-7-10/h3-7,11-14H,2,8-9H2,1H3/t11-/m0/s1. The van der Waals surface area contributed by atoms with Crippen LogP contribution < -0.4 is 9.44 Å². The van der Waals surface area contributed by atoms with E-state index in [1.54, 1.807) is 6.92 Å². The van der Waals surface area contributed by atoms with Crippen LogP contribution >= 0.6 is 0 Å². The molecule has 0 bridgehead atoms. The summed E-state index contributed by atoms with van der Waals surface area (Å²) in [4.78, 5) is 0. The summed E-state index contributed by atoms with van der Waals surface area (Å²) < 4.78 is 27.6. The van der Waals surface area contributed by atoms with Crippen LogP contribution in [-0.4, -0.2) is 32.7 Å². The lowest BCUT2D eigenvalue weighted by Gasteiger charge is -2.16. The Morgan fingerprint density at radius 1 is 1.29 bits per heavy atom.